The Balaban J connectivity index is 2.57. The van der Waals surface area contributed by atoms with E-state index in [1.165, 1.54) is 11.5 Å². The lowest BCUT2D eigenvalue weighted by Crippen LogP contribution is -2.35. The summed E-state index contributed by atoms with van der Waals surface area (Å²) in [7, 11) is 1.63. The fourth-order valence-corrected chi connectivity index (χ4v) is 1.79. The first-order valence-electron chi connectivity index (χ1n) is 5.17. The molecule has 1 heterocycles. The van der Waals surface area contributed by atoms with Gasteiger partial charge in [-0.25, -0.2) is 0 Å². The Labute approximate surface area is 99.0 Å². The first kappa shape index (κ1) is 12.9. The number of aromatic nitrogens is 2. The van der Waals surface area contributed by atoms with Crippen molar-refractivity contribution in [3.63, 3.8) is 0 Å². The van der Waals surface area contributed by atoms with Gasteiger partial charge in [-0.3, -0.25) is 9.69 Å². The number of nitrogen functional groups attached to an aromatic ring is 1. The fourth-order valence-electron chi connectivity index (χ4n) is 1.35. The quantitative estimate of drug-likeness (QED) is 0.739. The molecule has 0 radical (unpaired) electrons. The number of nitrogens with zero attached hydrogens (tertiary/aromatic N) is 3. The molecule has 16 heavy (non-hydrogen) atoms. The Morgan fingerprint density at radius 3 is 2.88 bits per heavy atom. The van der Waals surface area contributed by atoms with Crippen LogP contribution in [0.2, 0.25) is 0 Å². The van der Waals surface area contributed by atoms with Crippen LogP contribution in [0.5, 0.6) is 0 Å². The Kier molecular flexibility index (Phi) is 5.13. The number of hydrogen-bond donors (Lipinski definition) is 2. The highest BCUT2D eigenvalue weighted by molar-refractivity contribution is 7.09. The Bertz CT molecular complexity index is 340. The second kappa shape index (κ2) is 6.39. The fraction of sp³-hybridized carbons (Fsp3) is 0.667. The number of hydrogen-bond acceptors (Lipinski definition) is 6. The summed E-state index contributed by atoms with van der Waals surface area (Å²) in [6.07, 6.45) is 0.981. The molecule has 0 bridgehead atoms. The van der Waals surface area contributed by atoms with E-state index in [4.69, 9.17) is 5.73 Å². The van der Waals surface area contributed by atoms with Crippen LogP contribution >= 0.6 is 11.5 Å². The first-order valence-corrected chi connectivity index (χ1v) is 5.94. The number of nitrogens with one attached hydrogen (secondary N) is 1. The maximum atomic E-state index is 11.3. The second-order valence-electron chi connectivity index (χ2n) is 3.47. The van der Waals surface area contributed by atoms with Crippen LogP contribution in [0, 0.1) is 0 Å². The van der Waals surface area contributed by atoms with Crippen LogP contribution in [0.3, 0.4) is 0 Å². The average Bonchev–Trinajstić information content (AvgIpc) is 2.64. The molecule has 6 nitrogen and oxygen atoms in total. The van der Waals surface area contributed by atoms with E-state index in [1.807, 2.05) is 4.90 Å². The lowest BCUT2D eigenvalue weighted by Gasteiger charge is -2.19. The zero-order chi connectivity index (χ0) is 12.0. The summed E-state index contributed by atoms with van der Waals surface area (Å²) in [5.74, 6) is -0.00443. The predicted molar refractivity (Wildman–Crippen MR) is 64.0 cm³/mol. The van der Waals surface area contributed by atoms with Crippen molar-refractivity contribution in [3.05, 3.63) is 5.69 Å². The summed E-state index contributed by atoms with van der Waals surface area (Å²) in [5, 5.41) is 7.17. The molecule has 3 N–H and O–H groups in total. The second-order valence-corrected chi connectivity index (χ2v) is 4.25. The highest BCUT2D eigenvalue weighted by atomic mass is 32.1. The van der Waals surface area contributed by atoms with E-state index in [1.54, 1.807) is 7.05 Å². The molecular formula is C9H17N5OS. The lowest BCUT2D eigenvalue weighted by molar-refractivity contribution is -0.121. The molecule has 0 spiro atoms. The molecule has 7 heteroatoms. The Morgan fingerprint density at radius 2 is 2.38 bits per heavy atom. The minimum absolute atomic E-state index is 0.00443. The van der Waals surface area contributed by atoms with Gasteiger partial charge in [0.2, 0.25) is 5.91 Å². The van der Waals surface area contributed by atoms with Crippen molar-refractivity contribution in [1.29, 1.82) is 0 Å². The van der Waals surface area contributed by atoms with Crippen molar-refractivity contribution in [3.8, 4) is 0 Å². The highest BCUT2D eigenvalue weighted by Gasteiger charge is 2.13. The summed E-state index contributed by atoms with van der Waals surface area (Å²) in [6, 6.07) is 0. The van der Waals surface area contributed by atoms with Gasteiger partial charge in [0.25, 0.3) is 0 Å². The SMILES string of the molecule is CCCN(CC(=O)NC)Cc1nnsc1N. The number of amides is 1. The van der Waals surface area contributed by atoms with Crippen molar-refractivity contribution in [2.45, 2.75) is 19.9 Å². The molecule has 0 aromatic carbocycles. The van der Waals surface area contributed by atoms with Gasteiger partial charge in [-0.15, -0.1) is 5.10 Å². The molecule has 0 saturated carbocycles. The molecule has 1 amide bonds. The molecule has 0 aliphatic heterocycles. The predicted octanol–water partition coefficient (Wildman–Crippen LogP) is 0.0783. The number of rotatable bonds is 6. The molecule has 1 aromatic heterocycles. The van der Waals surface area contributed by atoms with Gasteiger partial charge < -0.3 is 11.1 Å². The molecule has 0 atom stereocenters. The van der Waals surface area contributed by atoms with Crippen LogP contribution in [0.15, 0.2) is 0 Å². The van der Waals surface area contributed by atoms with Gasteiger partial charge in [0.05, 0.1) is 6.54 Å². The van der Waals surface area contributed by atoms with Crippen LogP contribution in [-0.4, -0.2) is 40.5 Å². The normalized spacial score (nSPS) is 10.7. The van der Waals surface area contributed by atoms with E-state index in [-0.39, 0.29) is 5.91 Å². The minimum Gasteiger partial charge on any atom is -0.388 e. The molecule has 0 aliphatic carbocycles. The van der Waals surface area contributed by atoms with Crippen molar-refractivity contribution in [1.82, 2.24) is 19.8 Å². The van der Waals surface area contributed by atoms with Gasteiger partial charge in [0.15, 0.2) is 0 Å². The van der Waals surface area contributed by atoms with Gasteiger partial charge in [0, 0.05) is 25.1 Å². The van der Waals surface area contributed by atoms with Gasteiger partial charge in [-0.2, -0.15) is 0 Å². The van der Waals surface area contributed by atoms with E-state index in [9.17, 15) is 4.79 Å². The third kappa shape index (κ3) is 3.74. The largest absolute Gasteiger partial charge is 0.388 e. The first-order chi connectivity index (χ1) is 7.67. The van der Waals surface area contributed by atoms with Crippen LogP contribution in [0.4, 0.5) is 5.00 Å². The van der Waals surface area contributed by atoms with Crippen LogP contribution in [0.25, 0.3) is 0 Å². The highest BCUT2D eigenvalue weighted by Crippen LogP contribution is 2.14. The van der Waals surface area contributed by atoms with Gasteiger partial charge in [0.1, 0.15) is 10.7 Å². The molecule has 0 fully saturated rings. The van der Waals surface area contributed by atoms with E-state index in [2.05, 4.69) is 21.8 Å². The molecule has 0 saturated heterocycles. The number of carbonyl (C=O) groups is 1. The maximum Gasteiger partial charge on any atom is 0.233 e. The Morgan fingerprint density at radius 1 is 1.62 bits per heavy atom. The number of likely N-dealkylation sites (N-methyl/N-ethyl adjacent to an activating group) is 1. The third-order valence-electron chi connectivity index (χ3n) is 2.14. The number of anilines is 1. The summed E-state index contributed by atoms with van der Waals surface area (Å²) < 4.78 is 3.77. The summed E-state index contributed by atoms with van der Waals surface area (Å²) in [4.78, 5) is 13.3. The number of carbonyl (C=O) groups excluding carboxylic acids is 1. The van der Waals surface area contributed by atoms with Gasteiger partial charge in [-0.1, -0.05) is 11.4 Å². The molecule has 1 aromatic rings. The number of nitrogens with two attached hydrogens (primary N) is 1. The zero-order valence-electron chi connectivity index (χ0n) is 9.56. The lowest BCUT2D eigenvalue weighted by atomic mass is 10.3. The van der Waals surface area contributed by atoms with Crippen LogP contribution < -0.4 is 11.1 Å². The Hall–Kier alpha value is -1.21. The standard InChI is InChI=1S/C9H17N5OS/c1-3-4-14(6-8(15)11-2)5-7-9(10)16-13-12-7/h3-6,10H2,1-2H3,(H,11,15). The third-order valence-corrected chi connectivity index (χ3v) is 2.74. The van der Waals surface area contributed by atoms with Crippen molar-refractivity contribution >= 4 is 22.4 Å². The minimum atomic E-state index is -0.00443. The van der Waals surface area contributed by atoms with Crippen molar-refractivity contribution in [2.24, 2.45) is 0 Å². The molecular weight excluding hydrogens is 226 g/mol. The van der Waals surface area contributed by atoms with E-state index >= 15 is 0 Å². The van der Waals surface area contributed by atoms with E-state index < -0.39 is 0 Å². The summed E-state index contributed by atoms with van der Waals surface area (Å²) in [5.41, 5.74) is 6.47. The smallest absolute Gasteiger partial charge is 0.233 e. The van der Waals surface area contributed by atoms with Gasteiger partial charge >= 0.3 is 0 Å². The van der Waals surface area contributed by atoms with Crippen molar-refractivity contribution in [2.75, 3.05) is 25.9 Å². The molecule has 1 rings (SSSR count). The van der Waals surface area contributed by atoms with Crippen LogP contribution in [-0.2, 0) is 11.3 Å². The van der Waals surface area contributed by atoms with E-state index in [0.29, 0.717) is 18.1 Å². The molecule has 90 valence electrons. The monoisotopic (exact) mass is 243 g/mol. The topological polar surface area (TPSA) is 84.1 Å². The zero-order valence-corrected chi connectivity index (χ0v) is 10.4. The van der Waals surface area contributed by atoms with Gasteiger partial charge in [-0.05, 0) is 13.0 Å². The molecule has 0 unspecified atom stereocenters. The summed E-state index contributed by atoms with van der Waals surface area (Å²) in [6.45, 7) is 3.84. The average molecular weight is 243 g/mol. The maximum absolute atomic E-state index is 11.3. The molecule has 0 aliphatic rings. The summed E-state index contributed by atoms with van der Waals surface area (Å²) >= 11 is 1.18. The van der Waals surface area contributed by atoms with E-state index in [0.717, 1.165) is 18.7 Å². The van der Waals surface area contributed by atoms with Crippen molar-refractivity contribution < 1.29 is 4.79 Å². The van der Waals surface area contributed by atoms with Crippen LogP contribution in [0.1, 0.15) is 19.0 Å².